The molecule has 4 heterocycles. The first kappa shape index (κ1) is 12.1. The molecule has 4 nitrogen and oxygen atoms in total. The van der Waals surface area contributed by atoms with Crippen molar-refractivity contribution in [2.75, 3.05) is 18.0 Å². The summed E-state index contributed by atoms with van der Waals surface area (Å²) in [5.74, 6) is 1.09. The second-order valence-corrected chi connectivity index (χ2v) is 7.25. The van der Waals surface area contributed by atoms with Gasteiger partial charge in [0.25, 0.3) is 0 Å². The molecule has 0 unspecified atom stereocenters. The van der Waals surface area contributed by atoms with Crippen molar-refractivity contribution >= 4 is 49.1 Å². The number of hydrogen-bond acceptors (Lipinski definition) is 5. The minimum Gasteiger partial charge on any atom is -0.349 e. The van der Waals surface area contributed by atoms with Crippen molar-refractivity contribution in [1.82, 2.24) is 15.3 Å². The maximum atomic E-state index is 6.12. The van der Waals surface area contributed by atoms with Crippen LogP contribution in [0.25, 0.3) is 20.3 Å². The average Bonchev–Trinajstić information content (AvgIpc) is 3.19. The number of benzene rings is 1. The Morgan fingerprint density at radius 1 is 1.33 bits per heavy atom. The maximum Gasteiger partial charge on any atom is 0.150 e. The van der Waals surface area contributed by atoms with Crippen LogP contribution in [0.1, 0.15) is 6.42 Å². The summed E-state index contributed by atoms with van der Waals surface area (Å²) in [4.78, 5) is 11.5. The number of anilines is 1. The smallest absolute Gasteiger partial charge is 0.150 e. The number of rotatable bonds is 1. The van der Waals surface area contributed by atoms with Gasteiger partial charge in [0.2, 0.25) is 0 Å². The first-order chi connectivity index (χ1) is 10.3. The van der Waals surface area contributed by atoms with E-state index in [1.807, 2.05) is 12.1 Å². The lowest BCUT2D eigenvalue weighted by molar-refractivity contribution is 0.577. The molecule has 0 amide bonds. The monoisotopic (exact) mass is 316 g/mol. The molecule has 0 spiro atoms. The van der Waals surface area contributed by atoms with Crippen LogP contribution < -0.4 is 10.2 Å². The van der Waals surface area contributed by atoms with Crippen molar-refractivity contribution < 1.29 is 0 Å². The third-order valence-corrected chi connectivity index (χ3v) is 5.90. The molecule has 21 heavy (non-hydrogen) atoms. The molecule has 106 valence electrons. The second-order valence-electron chi connectivity index (χ2n) is 5.76. The Morgan fingerprint density at radius 2 is 2.29 bits per heavy atom. The van der Waals surface area contributed by atoms with Gasteiger partial charge in [0.15, 0.2) is 0 Å². The predicted molar refractivity (Wildman–Crippen MR) is 87.5 cm³/mol. The van der Waals surface area contributed by atoms with E-state index in [4.69, 9.17) is 11.6 Å². The van der Waals surface area contributed by atoms with E-state index in [0.717, 1.165) is 29.4 Å². The molecule has 2 fully saturated rings. The number of fused-ring (bicyclic) bond motifs is 5. The minimum atomic E-state index is 0.571. The molecule has 0 radical (unpaired) electrons. The zero-order valence-electron chi connectivity index (χ0n) is 11.2. The molecule has 2 saturated heterocycles. The van der Waals surface area contributed by atoms with Crippen LogP contribution in [-0.4, -0.2) is 35.1 Å². The molecule has 5 rings (SSSR count). The summed E-state index contributed by atoms with van der Waals surface area (Å²) in [7, 11) is 0. The van der Waals surface area contributed by atoms with Crippen LogP contribution in [0.3, 0.4) is 0 Å². The van der Waals surface area contributed by atoms with E-state index in [1.54, 1.807) is 17.7 Å². The Kier molecular flexibility index (Phi) is 2.48. The number of hydrogen-bond donors (Lipinski definition) is 1. The zero-order valence-corrected chi connectivity index (χ0v) is 12.8. The molecule has 2 aromatic heterocycles. The summed E-state index contributed by atoms with van der Waals surface area (Å²) in [6, 6.07) is 7.20. The van der Waals surface area contributed by atoms with Crippen LogP contribution in [0.15, 0.2) is 24.5 Å². The first-order valence-corrected chi connectivity index (χ1v) is 8.32. The molecule has 0 saturated carbocycles. The Balaban J connectivity index is 1.75. The lowest BCUT2D eigenvalue weighted by atomic mass is 10.2. The largest absolute Gasteiger partial charge is 0.349 e. The molecule has 0 aliphatic carbocycles. The van der Waals surface area contributed by atoms with Crippen LogP contribution in [0.4, 0.5) is 5.82 Å². The van der Waals surface area contributed by atoms with E-state index in [-0.39, 0.29) is 0 Å². The van der Waals surface area contributed by atoms with Crippen LogP contribution in [-0.2, 0) is 0 Å². The van der Waals surface area contributed by atoms with Crippen molar-refractivity contribution in [3.05, 3.63) is 29.5 Å². The fourth-order valence-electron chi connectivity index (χ4n) is 3.56. The third-order valence-electron chi connectivity index (χ3n) is 4.52. The summed E-state index contributed by atoms with van der Waals surface area (Å²) in [6.45, 7) is 2.11. The summed E-state index contributed by atoms with van der Waals surface area (Å²) >= 11 is 7.86. The van der Waals surface area contributed by atoms with Crippen molar-refractivity contribution in [3.63, 3.8) is 0 Å². The highest BCUT2D eigenvalue weighted by atomic mass is 35.5. The van der Waals surface area contributed by atoms with Gasteiger partial charge < -0.3 is 10.2 Å². The summed E-state index contributed by atoms with van der Waals surface area (Å²) < 4.78 is 2.36. The second kappa shape index (κ2) is 4.29. The average molecular weight is 317 g/mol. The fourth-order valence-corrected chi connectivity index (χ4v) is 5.00. The molecule has 1 aromatic carbocycles. The standard InChI is InChI=1S/C15H13ClN4S/c16-8-1-2-11-12(3-8)21-14-13(11)18-7-19-15(14)20-6-9-4-10(20)5-17-9/h1-3,7,9-10,17H,4-6H2/t9-,10-/m0/s1. The van der Waals surface area contributed by atoms with Gasteiger partial charge in [0.05, 0.1) is 10.2 Å². The Bertz CT molecular complexity index is 861. The van der Waals surface area contributed by atoms with Gasteiger partial charge in [-0.05, 0) is 24.6 Å². The van der Waals surface area contributed by atoms with Crippen LogP contribution in [0.5, 0.6) is 0 Å². The van der Waals surface area contributed by atoms with Crippen molar-refractivity contribution in [2.45, 2.75) is 18.5 Å². The topological polar surface area (TPSA) is 41.0 Å². The van der Waals surface area contributed by atoms with Gasteiger partial charge in [-0.2, -0.15) is 0 Å². The number of thiophene rings is 1. The van der Waals surface area contributed by atoms with Gasteiger partial charge >= 0.3 is 0 Å². The van der Waals surface area contributed by atoms with Crippen molar-refractivity contribution in [3.8, 4) is 0 Å². The molecular formula is C15H13ClN4S. The molecule has 2 atom stereocenters. The van der Waals surface area contributed by atoms with Crippen molar-refractivity contribution in [2.24, 2.45) is 0 Å². The molecule has 1 N–H and O–H groups in total. The highest BCUT2D eigenvalue weighted by Gasteiger charge is 2.39. The minimum absolute atomic E-state index is 0.571. The third kappa shape index (κ3) is 1.71. The van der Waals surface area contributed by atoms with Crippen LogP contribution in [0, 0.1) is 0 Å². The van der Waals surface area contributed by atoms with Crippen LogP contribution in [0.2, 0.25) is 5.02 Å². The Labute approximate surface area is 130 Å². The molecule has 6 heteroatoms. The van der Waals surface area contributed by atoms with Gasteiger partial charge in [-0.15, -0.1) is 11.3 Å². The zero-order chi connectivity index (χ0) is 14.0. The number of nitrogens with one attached hydrogen (secondary N) is 1. The summed E-state index contributed by atoms with van der Waals surface area (Å²) in [5.41, 5.74) is 1.05. The van der Waals surface area contributed by atoms with E-state index in [1.165, 1.54) is 21.2 Å². The predicted octanol–water partition coefficient (Wildman–Crippen LogP) is 3.05. The van der Waals surface area contributed by atoms with Gasteiger partial charge in [0, 0.05) is 40.3 Å². The molecular weight excluding hydrogens is 304 g/mol. The van der Waals surface area contributed by atoms with E-state index < -0.39 is 0 Å². The first-order valence-electron chi connectivity index (χ1n) is 7.12. The highest BCUT2D eigenvalue weighted by molar-refractivity contribution is 7.26. The van der Waals surface area contributed by atoms with Gasteiger partial charge in [-0.1, -0.05) is 11.6 Å². The quantitative estimate of drug-likeness (QED) is 0.749. The Morgan fingerprint density at radius 3 is 3.10 bits per heavy atom. The van der Waals surface area contributed by atoms with E-state index in [2.05, 4.69) is 26.3 Å². The number of piperazine rings is 1. The molecule has 3 aromatic rings. The number of aromatic nitrogens is 2. The molecule has 2 aliphatic rings. The summed E-state index contributed by atoms with van der Waals surface area (Å²) in [5, 5.41) is 5.48. The highest BCUT2D eigenvalue weighted by Crippen LogP contribution is 2.40. The fraction of sp³-hybridized carbons (Fsp3) is 0.333. The lowest BCUT2D eigenvalue weighted by Gasteiger charge is -2.28. The SMILES string of the molecule is Clc1ccc2c(c1)sc1c(N3C[C@@H]4C[C@H]3CN4)ncnc12. The van der Waals surface area contributed by atoms with Gasteiger partial charge in [-0.25, -0.2) is 9.97 Å². The van der Waals surface area contributed by atoms with Crippen LogP contribution >= 0.6 is 22.9 Å². The van der Waals surface area contributed by atoms with E-state index in [0.29, 0.717) is 12.1 Å². The summed E-state index contributed by atoms with van der Waals surface area (Å²) in [6.07, 6.45) is 2.92. The number of halogens is 1. The Hall–Kier alpha value is -1.43. The maximum absolute atomic E-state index is 6.12. The molecule has 2 aliphatic heterocycles. The normalized spacial score (nSPS) is 24.5. The van der Waals surface area contributed by atoms with Crippen molar-refractivity contribution in [1.29, 1.82) is 0 Å². The number of nitrogens with zero attached hydrogens (tertiary/aromatic N) is 3. The van der Waals surface area contributed by atoms with Gasteiger partial charge in [-0.3, -0.25) is 0 Å². The van der Waals surface area contributed by atoms with E-state index >= 15 is 0 Å². The lowest BCUT2D eigenvalue weighted by Crippen LogP contribution is -2.44. The molecule has 2 bridgehead atoms. The van der Waals surface area contributed by atoms with Gasteiger partial charge in [0.1, 0.15) is 12.1 Å². The van der Waals surface area contributed by atoms with E-state index in [9.17, 15) is 0 Å².